The molecule has 0 bridgehead atoms. The number of ether oxygens (including phenoxy) is 1. The zero-order chi connectivity index (χ0) is 14.6. The van der Waals surface area contributed by atoms with Crippen molar-refractivity contribution in [2.24, 2.45) is 0 Å². The first-order valence-electron chi connectivity index (χ1n) is 6.95. The van der Waals surface area contributed by atoms with Gasteiger partial charge in [0.2, 0.25) is 0 Å². The van der Waals surface area contributed by atoms with Crippen LogP contribution in [-0.2, 0) is 9.53 Å². The second kappa shape index (κ2) is 6.59. The van der Waals surface area contributed by atoms with Gasteiger partial charge in [0.25, 0.3) is 0 Å². The van der Waals surface area contributed by atoms with Gasteiger partial charge in [0, 0.05) is 23.2 Å². The summed E-state index contributed by atoms with van der Waals surface area (Å²) in [4.78, 5) is 14.6. The van der Waals surface area contributed by atoms with Crippen LogP contribution in [0.1, 0.15) is 19.8 Å². The van der Waals surface area contributed by atoms with E-state index >= 15 is 0 Å². The number of carbonyl (C=O) groups is 1. The molecule has 5 heteroatoms. The summed E-state index contributed by atoms with van der Waals surface area (Å²) in [6.07, 6.45) is 1.52. The zero-order valence-corrected chi connectivity index (χ0v) is 13.6. The lowest BCUT2D eigenvalue weighted by Crippen LogP contribution is -2.54. The standard InChI is InChI=1S/C15H21BrN2O2/c1-3-18-10-8-15(9-11-18,14(19)20-2)17-13-7-5-4-6-12(13)16/h4-7,17H,3,8-11H2,1-2H3. The highest BCUT2D eigenvalue weighted by Gasteiger charge is 2.42. The van der Waals surface area contributed by atoms with Crippen LogP contribution in [0.4, 0.5) is 5.69 Å². The third kappa shape index (κ3) is 3.15. The molecular weight excluding hydrogens is 320 g/mol. The van der Waals surface area contributed by atoms with Gasteiger partial charge in [0.05, 0.1) is 7.11 Å². The Labute approximate surface area is 128 Å². The molecule has 1 fully saturated rings. The molecule has 110 valence electrons. The molecule has 4 nitrogen and oxygen atoms in total. The first kappa shape index (κ1) is 15.3. The summed E-state index contributed by atoms with van der Waals surface area (Å²) in [6, 6.07) is 7.86. The van der Waals surface area contributed by atoms with E-state index in [1.54, 1.807) is 0 Å². The number of rotatable bonds is 4. The molecule has 0 spiro atoms. The minimum Gasteiger partial charge on any atom is -0.467 e. The van der Waals surface area contributed by atoms with Gasteiger partial charge in [-0.25, -0.2) is 4.79 Å². The van der Waals surface area contributed by atoms with Gasteiger partial charge < -0.3 is 15.0 Å². The molecule has 1 aromatic carbocycles. The Morgan fingerprint density at radius 2 is 2.05 bits per heavy atom. The maximum absolute atomic E-state index is 12.3. The van der Waals surface area contributed by atoms with Crippen LogP contribution < -0.4 is 5.32 Å². The maximum atomic E-state index is 12.3. The van der Waals surface area contributed by atoms with Gasteiger partial charge in [-0.1, -0.05) is 19.1 Å². The largest absolute Gasteiger partial charge is 0.467 e. The number of halogens is 1. The summed E-state index contributed by atoms with van der Waals surface area (Å²) in [7, 11) is 1.46. The first-order valence-corrected chi connectivity index (χ1v) is 7.74. The smallest absolute Gasteiger partial charge is 0.331 e. The van der Waals surface area contributed by atoms with Crippen molar-refractivity contribution in [2.45, 2.75) is 25.3 Å². The second-order valence-corrected chi connectivity index (χ2v) is 5.97. The highest BCUT2D eigenvalue weighted by atomic mass is 79.9. The van der Waals surface area contributed by atoms with Gasteiger partial charge in [-0.2, -0.15) is 0 Å². The minimum absolute atomic E-state index is 0.177. The van der Waals surface area contributed by atoms with E-state index in [4.69, 9.17) is 4.74 Å². The number of likely N-dealkylation sites (tertiary alicyclic amines) is 1. The number of carbonyl (C=O) groups excluding carboxylic acids is 1. The van der Waals surface area contributed by atoms with E-state index in [2.05, 4.69) is 33.1 Å². The van der Waals surface area contributed by atoms with Crippen molar-refractivity contribution in [3.05, 3.63) is 28.7 Å². The molecule has 1 heterocycles. The van der Waals surface area contributed by atoms with Gasteiger partial charge in [0.15, 0.2) is 0 Å². The fraction of sp³-hybridized carbons (Fsp3) is 0.533. The van der Waals surface area contributed by atoms with Gasteiger partial charge in [-0.05, 0) is 47.4 Å². The Balaban J connectivity index is 2.21. The van der Waals surface area contributed by atoms with Crippen LogP contribution in [0.5, 0.6) is 0 Å². The molecule has 0 aliphatic carbocycles. The van der Waals surface area contributed by atoms with Crippen molar-refractivity contribution >= 4 is 27.6 Å². The number of methoxy groups -OCH3 is 1. The number of hydrogen-bond donors (Lipinski definition) is 1. The summed E-state index contributed by atoms with van der Waals surface area (Å²) in [5.41, 5.74) is 0.312. The van der Waals surface area contributed by atoms with Crippen molar-refractivity contribution < 1.29 is 9.53 Å². The number of nitrogens with one attached hydrogen (secondary N) is 1. The fourth-order valence-corrected chi connectivity index (χ4v) is 3.03. The molecule has 1 aliphatic rings. The molecule has 0 aromatic heterocycles. The van der Waals surface area contributed by atoms with E-state index in [0.29, 0.717) is 0 Å². The van der Waals surface area contributed by atoms with Crippen molar-refractivity contribution in [3.63, 3.8) is 0 Å². The average molecular weight is 341 g/mol. The highest BCUT2D eigenvalue weighted by Crippen LogP contribution is 2.31. The number of hydrogen-bond acceptors (Lipinski definition) is 4. The van der Waals surface area contributed by atoms with E-state index in [-0.39, 0.29) is 5.97 Å². The van der Waals surface area contributed by atoms with Crippen molar-refractivity contribution in [1.82, 2.24) is 4.90 Å². The van der Waals surface area contributed by atoms with Gasteiger partial charge in [0.1, 0.15) is 5.54 Å². The SMILES string of the molecule is CCN1CCC(Nc2ccccc2Br)(C(=O)OC)CC1. The lowest BCUT2D eigenvalue weighted by Gasteiger charge is -2.40. The Hall–Kier alpha value is -1.07. The summed E-state index contributed by atoms with van der Waals surface area (Å²) in [5.74, 6) is -0.177. The summed E-state index contributed by atoms with van der Waals surface area (Å²) >= 11 is 3.52. The van der Waals surface area contributed by atoms with E-state index < -0.39 is 5.54 Å². The molecule has 0 radical (unpaired) electrons. The van der Waals surface area contributed by atoms with Gasteiger partial charge in [-0.3, -0.25) is 0 Å². The molecule has 0 unspecified atom stereocenters. The average Bonchev–Trinajstić information content (AvgIpc) is 2.49. The predicted octanol–water partition coefficient (Wildman–Crippen LogP) is 2.89. The van der Waals surface area contributed by atoms with Crippen LogP contribution in [0, 0.1) is 0 Å². The third-order valence-electron chi connectivity index (χ3n) is 3.98. The fourth-order valence-electron chi connectivity index (χ4n) is 2.65. The molecule has 1 aromatic rings. The monoisotopic (exact) mass is 340 g/mol. The Bertz CT molecular complexity index is 471. The van der Waals surface area contributed by atoms with E-state index in [1.807, 2.05) is 24.3 Å². The van der Waals surface area contributed by atoms with Crippen molar-refractivity contribution in [1.29, 1.82) is 0 Å². The van der Waals surface area contributed by atoms with Crippen LogP contribution >= 0.6 is 15.9 Å². The normalized spacial score (nSPS) is 18.6. The number of anilines is 1. The van der Waals surface area contributed by atoms with Gasteiger partial charge >= 0.3 is 5.97 Å². The van der Waals surface area contributed by atoms with Gasteiger partial charge in [-0.15, -0.1) is 0 Å². The number of esters is 1. The first-order chi connectivity index (χ1) is 9.61. The molecule has 1 N–H and O–H groups in total. The number of benzene rings is 1. The molecule has 1 aliphatic heterocycles. The quantitative estimate of drug-likeness (QED) is 0.855. The van der Waals surface area contributed by atoms with Crippen LogP contribution in [0.3, 0.4) is 0 Å². The van der Waals surface area contributed by atoms with E-state index in [1.165, 1.54) is 7.11 Å². The second-order valence-electron chi connectivity index (χ2n) is 5.11. The zero-order valence-electron chi connectivity index (χ0n) is 12.0. The lowest BCUT2D eigenvalue weighted by molar-refractivity contribution is -0.147. The molecular formula is C15H21BrN2O2. The third-order valence-corrected chi connectivity index (χ3v) is 4.67. The summed E-state index contributed by atoms with van der Waals surface area (Å²) in [5, 5.41) is 3.41. The Kier molecular flexibility index (Phi) is 5.05. The number of piperidine rings is 1. The number of para-hydroxylation sites is 1. The van der Waals surface area contributed by atoms with Crippen LogP contribution in [0.15, 0.2) is 28.7 Å². The van der Waals surface area contributed by atoms with Crippen molar-refractivity contribution in [2.75, 3.05) is 32.1 Å². The maximum Gasteiger partial charge on any atom is 0.331 e. The van der Waals surface area contributed by atoms with Crippen LogP contribution in [0.2, 0.25) is 0 Å². The van der Waals surface area contributed by atoms with Crippen LogP contribution in [0.25, 0.3) is 0 Å². The Morgan fingerprint density at radius 1 is 1.40 bits per heavy atom. The topological polar surface area (TPSA) is 41.6 Å². The summed E-state index contributed by atoms with van der Waals surface area (Å²) < 4.78 is 6.00. The highest BCUT2D eigenvalue weighted by molar-refractivity contribution is 9.10. The molecule has 20 heavy (non-hydrogen) atoms. The van der Waals surface area contributed by atoms with E-state index in [0.717, 1.165) is 42.6 Å². The van der Waals surface area contributed by atoms with E-state index in [9.17, 15) is 4.79 Å². The lowest BCUT2D eigenvalue weighted by atomic mass is 9.87. The molecule has 0 saturated carbocycles. The number of nitrogens with zero attached hydrogens (tertiary/aromatic N) is 1. The Morgan fingerprint density at radius 3 is 2.60 bits per heavy atom. The van der Waals surface area contributed by atoms with Crippen LogP contribution in [-0.4, -0.2) is 43.2 Å². The minimum atomic E-state index is -0.621. The molecule has 0 atom stereocenters. The molecule has 0 amide bonds. The summed E-state index contributed by atoms with van der Waals surface area (Å²) in [6.45, 7) is 4.98. The predicted molar refractivity (Wildman–Crippen MR) is 83.9 cm³/mol. The molecule has 2 rings (SSSR count). The van der Waals surface area contributed by atoms with Crippen molar-refractivity contribution in [3.8, 4) is 0 Å². The molecule has 1 saturated heterocycles.